The number of carboxylic acid groups (broad SMARTS) is 1. The Kier molecular flexibility index (Phi) is 9.55. The largest absolute Gasteiger partial charge is 0.512 e. The number of carbonyl (C=O) groups is 2. The van der Waals surface area contributed by atoms with Crippen LogP contribution in [0.5, 0.6) is 0 Å². The van der Waals surface area contributed by atoms with Gasteiger partial charge >= 0.3 is 20.7 Å². The Morgan fingerprint density at radius 3 is 1.74 bits per heavy atom. The van der Waals surface area contributed by atoms with Gasteiger partial charge in [-0.25, -0.2) is 9.59 Å². The molecule has 0 aromatic rings. The second kappa shape index (κ2) is 9.76. The van der Waals surface area contributed by atoms with Crippen molar-refractivity contribution in [3.8, 4) is 0 Å². The van der Waals surface area contributed by atoms with Gasteiger partial charge in [0.1, 0.15) is 10.5 Å². The fourth-order valence-electron chi connectivity index (χ4n) is 2.33. The molecule has 0 saturated carbocycles. The number of hydrogen-bond donors (Lipinski definition) is 1. The van der Waals surface area contributed by atoms with E-state index in [4.69, 9.17) is 22.2 Å². The fraction of sp³-hybridized carbons (Fsp3) is 0.750. The summed E-state index contributed by atoms with van der Waals surface area (Å²) >= 11 is 0. The van der Waals surface area contributed by atoms with Crippen LogP contribution >= 0.6 is 0 Å². The van der Waals surface area contributed by atoms with Crippen molar-refractivity contribution in [3.63, 3.8) is 0 Å². The van der Waals surface area contributed by atoms with Crippen molar-refractivity contribution in [1.29, 1.82) is 0 Å². The molecule has 7 nitrogen and oxygen atoms in total. The van der Waals surface area contributed by atoms with E-state index in [1.807, 2.05) is 60.1 Å². The van der Waals surface area contributed by atoms with Crippen LogP contribution in [0.1, 0.15) is 27.2 Å². The monoisotopic (exact) mass is 452 g/mol. The molecule has 1 N–H and O–H groups in total. The number of carboxylic acids is 1. The number of esters is 1. The van der Waals surface area contributed by atoms with Gasteiger partial charge in [-0.3, -0.25) is 0 Å². The zero-order valence-electron chi connectivity index (χ0n) is 18.3. The van der Waals surface area contributed by atoms with Crippen molar-refractivity contribution >= 4 is 47.9 Å². The molecule has 1 unspecified atom stereocenters. The van der Waals surface area contributed by atoms with Crippen LogP contribution in [0, 0.1) is 5.41 Å². The number of aliphatic carboxylic acids is 1. The molecule has 0 aliphatic carbocycles. The Balaban J connectivity index is 6.07. The van der Waals surface area contributed by atoms with Gasteiger partial charge in [0, 0.05) is 12.2 Å². The van der Waals surface area contributed by atoms with E-state index >= 15 is 0 Å². The van der Waals surface area contributed by atoms with Gasteiger partial charge in [-0.2, -0.15) is 0 Å². The van der Waals surface area contributed by atoms with Crippen molar-refractivity contribution in [2.45, 2.75) is 72.2 Å². The zero-order valence-corrected chi connectivity index (χ0v) is 23.3. The minimum Gasteiger partial charge on any atom is -0.478 e. The normalized spacial score (nSPS) is 15.1. The lowest BCUT2D eigenvalue weighted by Crippen LogP contribution is -2.65. The van der Waals surface area contributed by atoms with Gasteiger partial charge in [-0.05, 0) is 51.1 Å². The quantitative estimate of drug-likeness (QED) is 0.309. The van der Waals surface area contributed by atoms with Crippen LogP contribution in [-0.2, 0) is 26.7 Å². The first-order valence-corrected chi connectivity index (χ1v) is 18.4. The number of ether oxygens (including phenoxy) is 1. The van der Waals surface area contributed by atoms with Crippen molar-refractivity contribution in [2.24, 2.45) is 5.41 Å². The lowest BCUT2D eigenvalue weighted by atomic mass is 9.93. The Morgan fingerprint density at radius 2 is 1.44 bits per heavy atom. The average molecular weight is 453 g/mol. The van der Waals surface area contributed by atoms with Gasteiger partial charge in [0.15, 0.2) is 22.4 Å². The third-order valence-electron chi connectivity index (χ3n) is 2.99. The summed E-state index contributed by atoms with van der Waals surface area (Å²) in [5.41, 5.74) is -0.870. The number of hydrogen-bond acceptors (Lipinski definition) is 6. The lowest BCUT2D eigenvalue weighted by Gasteiger charge is -2.43. The van der Waals surface area contributed by atoms with E-state index in [0.29, 0.717) is 16.9 Å². The topological polar surface area (TPSA) is 91.3 Å². The Hall–Kier alpha value is -0.572. The van der Waals surface area contributed by atoms with E-state index in [-0.39, 0.29) is 5.41 Å². The minimum atomic E-state index is -3.34. The third kappa shape index (κ3) is 11.8. The first kappa shape index (κ1) is 26.4. The van der Waals surface area contributed by atoms with Crippen LogP contribution < -0.4 is 0 Å². The molecule has 0 spiro atoms. The summed E-state index contributed by atoms with van der Waals surface area (Å²) in [6, 6.07) is 0. The second-order valence-corrected chi connectivity index (χ2v) is 23.2. The molecule has 0 saturated heterocycles. The van der Waals surface area contributed by atoms with E-state index in [9.17, 15) is 9.59 Å². The van der Waals surface area contributed by atoms with E-state index in [1.165, 1.54) is 0 Å². The van der Waals surface area contributed by atoms with Crippen molar-refractivity contribution < 1.29 is 31.8 Å². The third-order valence-corrected chi connectivity index (χ3v) is 13.6. The highest BCUT2D eigenvalue weighted by Crippen LogP contribution is 2.33. The van der Waals surface area contributed by atoms with Gasteiger partial charge in [0.05, 0.1) is 0 Å². The summed E-state index contributed by atoms with van der Waals surface area (Å²) in [6.07, 6.45) is 2.16. The Morgan fingerprint density at radius 1 is 1.00 bits per heavy atom. The lowest BCUT2D eigenvalue weighted by molar-refractivity contribution is -0.143. The highest BCUT2D eigenvalue weighted by molar-refractivity contribution is 6.87. The summed E-state index contributed by atoms with van der Waals surface area (Å²) in [4.78, 5) is 23.0. The van der Waals surface area contributed by atoms with Crippen LogP contribution in [0.15, 0.2) is 12.2 Å². The van der Waals surface area contributed by atoms with Crippen molar-refractivity contribution in [2.75, 3.05) is 0 Å². The molecule has 0 amide bonds. The molecular formula is C16H36O7Si4. The van der Waals surface area contributed by atoms with E-state index in [0.717, 1.165) is 12.2 Å². The first-order chi connectivity index (χ1) is 11.9. The molecule has 0 aromatic heterocycles. The van der Waals surface area contributed by atoms with E-state index in [2.05, 4.69) is 0 Å². The molecular weight excluding hydrogens is 417 g/mol. The molecule has 0 aliphatic heterocycles. The molecule has 1 atom stereocenters. The maximum atomic E-state index is 12.3. The molecule has 0 fully saturated rings. The van der Waals surface area contributed by atoms with Gasteiger partial charge < -0.3 is 22.2 Å². The zero-order chi connectivity index (χ0) is 21.7. The maximum absolute atomic E-state index is 12.3. The molecule has 11 heteroatoms. The fourth-order valence-corrected chi connectivity index (χ4v) is 15.1. The number of carbonyl (C=O) groups excluding carboxylic acids is 1. The van der Waals surface area contributed by atoms with E-state index < -0.39 is 43.1 Å². The van der Waals surface area contributed by atoms with Gasteiger partial charge in [-0.1, -0.05) is 20.8 Å². The molecule has 0 bridgehead atoms. The summed E-state index contributed by atoms with van der Waals surface area (Å²) in [5, 5.41) is 8.75. The van der Waals surface area contributed by atoms with Crippen LogP contribution in [0.4, 0.5) is 0 Å². The minimum absolute atomic E-state index is 0.175. The summed E-state index contributed by atoms with van der Waals surface area (Å²) in [7, 11) is -7.14. The summed E-state index contributed by atoms with van der Waals surface area (Å²) < 4.78 is 24.6. The molecule has 0 rings (SSSR count). The molecule has 27 heavy (non-hydrogen) atoms. The van der Waals surface area contributed by atoms with Crippen molar-refractivity contribution in [1.82, 2.24) is 0 Å². The van der Waals surface area contributed by atoms with Crippen LogP contribution in [0.3, 0.4) is 0 Å². The van der Waals surface area contributed by atoms with Gasteiger partial charge in [0.2, 0.25) is 0 Å². The smallest absolute Gasteiger partial charge is 0.478 e. The molecule has 0 radical (unpaired) electrons. The van der Waals surface area contributed by atoms with Gasteiger partial charge in [-0.15, -0.1) is 0 Å². The summed E-state index contributed by atoms with van der Waals surface area (Å²) in [5.74, 6) is -1.95. The predicted octanol–water partition coefficient (Wildman–Crippen LogP) is 2.45. The predicted molar refractivity (Wildman–Crippen MR) is 116 cm³/mol. The average Bonchev–Trinajstić information content (AvgIpc) is 2.39. The van der Waals surface area contributed by atoms with Crippen LogP contribution in [-0.4, -0.2) is 58.7 Å². The van der Waals surface area contributed by atoms with Crippen LogP contribution in [0.25, 0.3) is 0 Å². The highest BCUT2D eigenvalue weighted by atomic mass is 28.5. The second-order valence-electron chi connectivity index (χ2n) is 9.60. The molecule has 158 valence electrons. The Labute approximate surface area is 169 Å². The molecule has 0 heterocycles. The first-order valence-electron chi connectivity index (χ1n) is 8.96. The van der Waals surface area contributed by atoms with Crippen molar-refractivity contribution in [3.05, 3.63) is 12.2 Å². The molecule has 0 aliphatic rings. The number of rotatable bonds is 10. The maximum Gasteiger partial charge on any atom is 0.512 e. The SMILES string of the molecule is CC(C)(C)CC(OC(=O)/C=C/C(=O)O)[Si](O[SiH3])(O[Si](C)(C)C)O[Si](C)(C)C. The van der Waals surface area contributed by atoms with Gasteiger partial charge in [0.25, 0.3) is 0 Å². The Bertz CT molecular complexity index is 528. The van der Waals surface area contributed by atoms with Crippen LogP contribution in [0.2, 0.25) is 39.3 Å². The standard InChI is InChI=1S/C16H36O7Si4/c1-16(2,3)12-15(20-14(19)11-10-13(17)18)27(21-24,22-25(4,5)6)23-26(7,8)9/h10-11,15H,12H2,1-9,24H3,(H,17,18)/b11-10+. The van der Waals surface area contributed by atoms with E-state index in [1.54, 1.807) is 0 Å². The summed E-state index contributed by atoms with van der Waals surface area (Å²) in [6.45, 7) is 18.4. The highest BCUT2D eigenvalue weighted by Gasteiger charge is 2.56. The molecule has 0 aromatic carbocycles.